The van der Waals surface area contributed by atoms with Gasteiger partial charge in [0.2, 0.25) is 11.8 Å². The highest BCUT2D eigenvalue weighted by Gasteiger charge is 2.38. The lowest BCUT2D eigenvalue weighted by molar-refractivity contribution is -0.192. The van der Waals surface area contributed by atoms with Gasteiger partial charge in [-0.1, -0.05) is 67.8 Å². The second kappa shape index (κ2) is 16.0. The van der Waals surface area contributed by atoms with E-state index in [-0.39, 0.29) is 30.6 Å². The van der Waals surface area contributed by atoms with Gasteiger partial charge in [0.1, 0.15) is 23.6 Å². The summed E-state index contributed by atoms with van der Waals surface area (Å²) in [5.41, 5.74) is 13.5. The first kappa shape index (κ1) is 35.2. The van der Waals surface area contributed by atoms with Crippen molar-refractivity contribution in [3.05, 3.63) is 70.8 Å². The number of amidine groups is 2. The van der Waals surface area contributed by atoms with Gasteiger partial charge in [0.25, 0.3) is 0 Å². The lowest BCUT2D eigenvalue weighted by Crippen LogP contribution is -2.51. The number of alkyl halides is 3. The first-order valence-corrected chi connectivity index (χ1v) is 13.6. The topological polar surface area (TPSA) is 233 Å². The van der Waals surface area contributed by atoms with E-state index in [1.54, 1.807) is 48.5 Å². The molecule has 1 fully saturated rings. The Kier molecular flexibility index (Phi) is 12.9. The molecule has 44 heavy (non-hydrogen) atoms. The Bertz CT molecular complexity index is 1340. The van der Waals surface area contributed by atoms with Crippen molar-refractivity contribution in [2.45, 2.75) is 57.3 Å². The summed E-state index contributed by atoms with van der Waals surface area (Å²) in [7, 11) is 0. The summed E-state index contributed by atoms with van der Waals surface area (Å²) in [6.07, 6.45) is -0.715. The van der Waals surface area contributed by atoms with Gasteiger partial charge in [-0.15, -0.1) is 0 Å². The molecule has 1 saturated carbocycles. The summed E-state index contributed by atoms with van der Waals surface area (Å²) in [6.45, 7) is 0.148. The van der Waals surface area contributed by atoms with Gasteiger partial charge in [0.05, 0.1) is 0 Å². The Morgan fingerprint density at radius 2 is 1.27 bits per heavy atom. The maximum Gasteiger partial charge on any atom is 0.490 e. The van der Waals surface area contributed by atoms with Crippen LogP contribution in [0.15, 0.2) is 48.5 Å². The third kappa shape index (κ3) is 11.0. The number of hydrogen-bond acceptors (Lipinski definition) is 6. The molecule has 0 radical (unpaired) electrons. The van der Waals surface area contributed by atoms with Crippen LogP contribution in [0.25, 0.3) is 0 Å². The van der Waals surface area contributed by atoms with Crippen LogP contribution < -0.4 is 22.1 Å². The molecule has 10 N–H and O–H groups in total. The molecule has 1 aliphatic rings. The molecule has 0 spiro atoms. The van der Waals surface area contributed by atoms with E-state index in [0.29, 0.717) is 16.7 Å². The minimum absolute atomic E-state index is 0.0517. The average Bonchev–Trinajstić information content (AvgIpc) is 2.97. The molecule has 0 aliphatic heterocycles. The molecule has 0 heterocycles. The predicted octanol–water partition coefficient (Wildman–Crippen LogP) is 2.51. The Balaban J connectivity index is 0.000000860. The molecular formula is C29H35F3N6O6. The zero-order chi connectivity index (χ0) is 33.0. The van der Waals surface area contributed by atoms with Crippen LogP contribution in [0.5, 0.6) is 0 Å². The number of aliphatic carboxylic acids is 2. The van der Waals surface area contributed by atoms with Crippen LogP contribution in [0.1, 0.15) is 54.4 Å². The number of carbonyl (C=O) groups excluding carboxylic acids is 2. The molecule has 2 aromatic rings. The van der Waals surface area contributed by atoms with E-state index in [4.69, 9.17) is 32.2 Å². The standard InChI is InChI=1S/C27H34N6O4.C2HF3O2/c28-23(29)19-10-6-16(7-11-19)14-21(25(34)32-15-17-8-12-20(13-9-17)24(30)31)26(35)33-22(27(36)37)18-4-2-1-3-5-18;3-2(4,5)1(6)7/h6-13,18,21-22H,1-5,14-15H2,(H3,28,29)(H3,30,31)(H,32,34)(H,33,35)(H,36,37);(H,6,7)/t21?,22-;/m0./s1. The van der Waals surface area contributed by atoms with E-state index in [9.17, 15) is 32.7 Å². The van der Waals surface area contributed by atoms with Gasteiger partial charge in [0, 0.05) is 17.7 Å². The van der Waals surface area contributed by atoms with Crippen molar-refractivity contribution in [1.29, 1.82) is 10.8 Å². The fraction of sp³-hybridized carbons (Fsp3) is 0.379. The monoisotopic (exact) mass is 620 g/mol. The number of carbonyl (C=O) groups is 4. The normalized spacial score (nSPS) is 14.6. The summed E-state index contributed by atoms with van der Waals surface area (Å²) in [5.74, 6) is -6.52. The highest BCUT2D eigenvalue weighted by molar-refractivity contribution is 6.02. The van der Waals surface area contributed by atoms with Gasteiger partial charge >= 0.3 is 18.1 Å². The first-order valence-electron chi connectivity index (χ1n) is 13.6. The minimum Gasteiger partial charge on any atom is -0.480 e. The Hall–Kier alpha value is -4.95. The van der Waals surface area contributed by atoms with Crippen LogP contribution in [0.2, 0.25) is 0 Å². The number of rotatable bonds is 11. The van der Waals surface area contributed by atoms with E-state index >= 15 is 0 Å². The van der Waals surface area contributed by atoms with Crippen molar-refractivity contribution in [2.24, 2.45) is 23.3 Å². The Labute approximate surface area is 251 Å². The number of carboxylic acids is 2. The summed E-state index contributed by atoms with van der Waals surface area (Å²) in [6, 6.07) is 12.4. The zero-order valence-electron chi connectivity index (χ0n) is 23.6. The number of nitrogens with two attached hydrogens (primary N) is 2. The van der Waals surface area contributed by atoms with Crippen molar-refractivity contribution in [2.75, 3.05) is 0 Å². The highest BCUT2D eigenvalue weighted by Crippen LogP contribution is 2.27. The van der Waals surface area contributed by atoms with E-state index < -0.39 is 41.9 Å². The average molecular weight is 621 g/mol. The molecule has 3 rings (SSSR count). The summed E-state index contributed by atoms with van der Waals surface area (Å²) in [5, 5.41) is 37.4. The molecular weight excluding hydrogens is 585 g/mol. The van der Waals surface area contributed by atoms with Crippen LogP contribution in [-0.4, -0.2) is 57.9 Å². The molecule has 0 aromatic heterocycles. The number of benzene rings is 2. The SMILES string of the molecule is N=C(N)c1ccc(CNC(=O)C(Cc2ccc(C(=N)N)cc2)C(=O)N[C@H](C(=O)O)C2CCCCC2)cc1.O=C(O)C(F)(F)F. The maximum atomic E-state index is 13.3. The summed E-state index contributed by atoms with van der Waals surface area (Å²) in [4.78, 5) is 47.4. The van der Waals surface area contributed by atoms with Crippen molar-refractivity contribution < 1.29 is 42.6 Å². The third-order valence-electron chi connectivity index (χ3n) is 7.00. The molecule has 0 saturated heterocycles. The van der Waals surface area contributed by atoms with Gasteiger partial charge in [-0.3, -0.25) is 20.4 Å². The van der Waals surface area contributed by atoms with Gasteiger partial charge in [-0.25, -0.2) is 9.59 Å². The van der Waals surface area contributed by atoms with Crippen molar-refractivity contribution in [1.82, 2.24) is 10.6 Å². The molecule has 2 aromatic carbocycles. The zero-order valence-corrected chi connectivity index (χ0v) is 23.6. The quantitative estimate of drug-likeness (QED) is 0.105. The number of halogens is 3. The minimum atomic E-state index is -5.08. The Morgan fingerprint density at radius 1 is 0.818 bits per heavy atom. The molecule has 2 atom stereocenters. The second-order valence-electron chi connectivity index (χ2n) is 10.2. The van der Waals surface area contributed by atoms with Gasteiger partial charge in [-0.05, 0) is 36.3 Å². The summed E-state index contributed by atoms with van der Waals surface area (Å²) < 4.78 is 31.7. The number of nitrogen functional groups attached to an aromatic ring is 2. The van der Waals surface area contributed by atoms with E-state index in [1.165, 1.54) is 0 Å². The Morgan fingerprint density at radius 3 is 1.68 bits per heavy atom. The molecule has 15 heteroatoms. The van der Waals surface area contributed by atoms with E-state index in [0.717, 1.165) is 37.7 Å². The summed E-state index contributed by atoms with van der Waals surface area (Å²) >= 11 is 0. The molecule has 2 amide bonds. The van der Waals surface area contributed by atoms with Crippen molar-refractivity contribution in [3.63, 3.8) is 0 Å². The lowest BCUT2D eigenvalue weighted by atomic mass is 9.83. The van der Waals surface area contributed by atoms with Gasteiger partial charge < -0.3 is 32.3 Å². The maximum absolute atomic E-state index is 13.3. The van der Waals surface area contributed by atoms with Crippen LogP contribution in [-0.2, 0) is 32.1 Å². The van der Waals surface area contributed by atoms with Crippen LogP contribution in [0, 0.1) is 22.7 Å². The van der Waals surface area contributed by atoms with Gasteiger partial charge in [0.15, 0.2) is 0 Å². The largest absolute Gasteiger partial charge is 0.490 e. The van der Waals surface area contributed by atoms with E-state index in [2.05, 4.69) is 10.6 Å². The fourth-order valence-corrected chi connectivity index (χ4v) is 4.58. The molecule has 12 nitrogen and oxygen atoms in total. The molecule has 1 aliphatic carbocycles. The smallest absolute Gasteiger partial charge is 0.480 e. The van der Waals surface area contributed by atoms with Crippen molar-refractivity contribution in [3.8, 4) is 0 Å². The number of carboxylic acid groups (broad SMARTS) is 2. The number of nitrogens with one attached hydrogen (secondary N) is 4. The van der Waals surface area contributed by atoms with E-state index in [1.807, 2.05) is 0 Å². The highest BCUT2D eigenvalue weighted by atomic mass is 19.4. The second-order valence-corrected chi connectivity index (χ2v) is 10.2. The first-order chi connectivity index (χ1) is 20.6. The fourth-order valence-electron chi connectivity index (χ4n) is 4.58. The third-order valence-corrected chi connectivity index (χ3v) is 7.00. The number of amides is 2. The predicted molar refractivity (Wildman–Crippen MR) is 154 cm³/mol. The lowest BCUT2D eigenvalue weighted by Gasteiger charge is -2.29. The van der Waals surface area contributed by atoms with Crippen molar-refractivity contribution >= 4 is 35.4 Å². The van der Waals surface area contributed by atoms with Gasteiger partial charge in [-0.2, -0.15) is 13.2 Å². The molecule has 0 bridgehead atoms. The number of hydrogen-bond donors (Lipinski definition) is 8. The molecule has 238 valence electrons. The molecule has 1 unspecified atom stereocenters. The van der Waals surface area contributed by atoms with Crippen LogP contribution >= 0.6 is 0 Å². The van der Waals surface area contributed by atoms with Crippen LogP contribution in [0.3, 0.4) is 0 Å². The van der Waals surface area contributed by atoms with Crippen LogP contribution in [0.4, 0.5) is 13.2 Å².